The van der Waals surface area contributed by atoms with Gasteiger partial charge in [-0.3, -0.25) is 9.59 Å². The summed E-state index contributed by atoms with van der Waals surface area (Å²) in [6, 6.07) is 0.226. The minimum atomic E-state index is -0.134. The van der Waals surface area contributed by atoms with E-state index in [0.717, 1.165) is 6.42 Å². The zero-order valence-electron chi connectivity index (χ0n) is 12.7. The Morgan fingerprint density at radius 2 is 1.89 bits per heavy atom. The summed E-state index contributed by atoms with van der Waals surface area (Å²) in [5, 5.41) is 3.11. The van der Waals surface area contributed by atoms with Crippen LogP contribution in [0.5, 0.6) is 0 Å². The van der Waals surface area contributed by atoms with Gasteiger partial charge in [0.1, 0.15) is 6.42 Å². The molecule has 19 heavy (non-hydrogen) atoms. The minimum absolute atomic E-state index is 0.0370. The highest BCUT2D eigenvalue weighted by Gasteiger charge is 2.61. The fourth-order valence-electron chi connectivity index (χ4n) is 3.96. The quantitative estimate of drug-likeness (QED) is 0.792. The smallest absolute Gasteiger partial charge is 0.231 e. The van der Waals surface area contributed by atoms with Gasteiger partial charge in [0.15, 0.2) is 0 Å². The van der Waals surface area contributed by atoms with Crippen molar-refractivity contribution in [2.45, 2.75) is 52.5 Å². The Bertz CT molecular complexity index is 403. The maximum absolute atomic E-state index is 12.0. The normalized spacial score (nSPS) is 35.2. The predicted octanol–water partition coefficient (Wildman–Crippen LogP) is 1.80. The molecular weight excluding hydrogens is 240 g/mol. The topological polar surface area (TPSA) is 49.4 Å². The Morgan fingerprint density at radius 3 is 2.32 bits per heavy atom. The van der Waals surface area contributed by atoms with E-state index in [-0.39, 0.29) is 35.1 Å². The molecule has 2 aliphatic carbocycles. The second-order valence-corrected chi connectivity index (χ2v) is 7.20. The van der Waals surface area contributed by atoms with E-state index in [4.69, 9.17) is 0 Å². The third kappa shape index (κ3) is 2.15. The molecule has 0 aromatic carbocycles. The first-order valence-electron chi connectivity index (χ1n) is 7.18. The first-order valence-corrected chi connectivity index (χ1v) is 7.18. The van der Waals surface area contributed by atoms with Crippen molar-refractivity contribution in [3.05, 3.63) is 0 Å². The van der Waals surface area contributed by atoms with Crippen LogP contribution < -0.4 is 5.32 Å². The number of hydrogen-bond acceptors (Lipinski definition) is 2. The zero-order chi connectivity index (χ0) is 14.4. The molecule has 0 saturated heterocycles. The molecule has 3 atom stereocenters. The lowest BCUT2D eigenvalue weighted by Gasteiger charge is -2.39. The van der Waals surface area contributed by atoms with Gasteiger partial charge in [-0.1, -0.05) is 20.8 Å². The zero-order valence-corrected chi connectivity index (χ0v) is 12.7. The van der Waals surface area contributed by atoms with Crippen LogP contribution in [0.4, 0.5) is 0 Å². The summed E-state index contributed by atoms with van der Waals surface area (Å²) in [6.07, 6.45) is 3.47. The summed E-state index contributed by atoms with van der Waals surface area (Å²) in [7, 11) is 3.36. The van der Waals surface area contributed by atoms with Crippen LogP contribution in [-0.4, -0.2) is 36.9 Å². The number of carbonyl (C=O) groups excluding carboxylic acids is 2. The number of nitrogens with one attached hydrogen (secondary N) is 1. The highest BCUT2D eigenvalue weighted by molar-refractivity contribution is 5.96. The number of fused-ring (bicyclic) bond motifs is 2. The van der Waals surface area contributed by atoms with Gasteiger partial charge in [-0.15, -0.1) is 0 Å². The van der Waals surface area contributed by atoms with Crippen LogP contribution in [-0.2, 0) is 9.59 Å². The molecule has 0 aromatic rings. The van der Waals surface area contributed by atoms with Crippen molar-refractivity contribution in [1.82, 2.24) is 10.2 Å². The average Bonchev–Trinajstić information content (AvgIpc) is 2.61. The standard InChI is InChI=1S/C15H26N2O2/c1-14(2)10-6-7-15(14,3)11(8-10)16-12(18)9-13(19)17(4)5/h10-11H,6-9H2,1-5H3,(H,16,18)/t10-,11-,15-/m1/s1. The molecule has 2 bridgehead atoms. The lowest BCUT2D eigenvalue weighted by molar-refractivity contribution is -0.134. The number of carbonyl (C=O) groups is 2. The Balaban J connectivity index is 1.99. The van der Waals surface area contributed by atoms with E-state index in [1.54, 1.807) is 14.1 Å². The molecule has 4 heteroatoms. The molecular formula is C15H26N2O2. The maximum atomic E-state index is 12.0. The number of amides is 2. The number of nitrogens with zero attached hydrogens (tertiary/aromatic N) is 1. The van der Waals surface area contributed by atoms with Gasteiger partial charge in [0, 0.05) is 20.1 Å². The largest absolute Gasteiger partial charge is 0.352 e. The van der Waals surface area contributed by atoms with Gasteiger partial charge in [-0.2, -0.15) is 0 Å². The first-order chi connectivity index (χ1) is 8.68. The SMILES string of the molecule is CN(C)C(=O)CC(=O)N[C@@H]1C[C@H]2CC[C@@]1(C)C2(C)C. The second-order valence-electron chi connectivity index (χ2n) is 7.20. The molecule has 0 radical (unpaired) electrons. The maximum Gasteiger partial charge on any atom is 0.231 e. The Kier molecular flexibility index (Phi) is 3.40. The Hall–Kier alpha value is -1.06. The van der Waals surface area contributed by atoms with Crippen molar-refractivity contribution < 1.29 is 9.59 Å². The lowest BCUT2D eigenvalue weighted by atomic mass is 9.69. The van der Waals surface area contributed by atoms with Crippen LogP contribution in [0.1, 0.15) is 46.5 Å². The van der Waals surface area contributed by atoms with E-state index in [0.29, 0.717) is 5.92 Å². The Morgan fingerprint density at radius 1 is 1.26 bits per heavy atom. The molecule has 1 N–H and O–H groups in total. The molecule has 2 fully saturated rings. The molecule has 2 amide bonds. The second kappa shape index (κ2) is 4.50. The van der Waals surface area contributed by atoms with E-state index in [1.165, 1.54) is 17.7 Å². The third-order valence-corrected chi connectivity index (χ3v) is 5.94. The number of rotatable bonds is 3. The fraction of sp³-hybridized carbons (Fsp3) is 0.867. The van der Waals surface area contributed by atoms with Crippen molar-refractivity contribution in [1.29, 1.82) is 0 Å². The average molecular weight is 266 g/mol. The van der Waals surface area contributed by atoms with Gasteiger partial charge in [0.25, 0.3) is 0 Å². The molecule has 108 valence electrons. The van der Waals surface area contributed by atoms with Crippen LogP contribution >= 0.6 is 0 Å². The molecule has 2 saturated carbocycles. The minimum Gasteiger partial charge on any atom is -0.352 e. The van der Waals surface area contributed by atoms with Gasteiger partial charge in [0.2, 0.25) is 11.8 Å². The van der Waals surface area contributed by atoms with E-state index >= 15 is 0 Å². The molecule has 0 aromatic heterocycles. The molecule has 2 rings (SSSR count). The molecule has 2 aliphatic rings. The predicted molar refractivity (Wildman–Crippen MR) is 74.5 cm³/mol. The van der Waals surface area contributed by atoms with Crippen molar-refractivity contribution in [2.75, 3.05) is 14.1 Å². The lowest BCUT2D eigenvalue weighted by Crippen LogP contribution is -2.47. The van der Waals surface area contributed by atoms with E-state index in [2.05, 4.69) is 26.1 Å². The van der Waals surface area contributed by atoms with Crippen LogP contribution in [0.15, 0.2) is 0 Å². The van der Waals surface area contributed by atoms with Gasteiger partial charge >= 0.3 is 0 Å². The van der Waals surface area contributed by atoms with Gasteiger partial charge in [-0.05, 0) is 36.0 Å². The van der Waals surface area contributed by atoms with Crippen molar-refractivity contribution in [2.24, 2.45) is 16.7 Å². The summed E-state index contributed by atoms with van der Waals surface area (Å²) in [5.74, 6) is 0.436. The van der Waals surface area contributed by atoms with Crippen LogP contribution in [0.2, 0.25) is 0 Å². The molecule has 0 spiro atoms. The van der Waals surface area contributed by atoms with Crippen molar-refractivity contribution in [3.8, 4) is 0 Å². The summed E-state index contributed by atoms with van der Waals surface area (Å²) in [6.45, 7) is 6.93. The van der Waals surface area contributed by atoms with Crippen LogP contribution in [0, 0.1) is 16.7 Å². The fourth-order valence-corrected chi connectivity index (χ4v) is 3.96. The van der Waals surface area contributed by atoms with E-state index < -0.39 is 0 Å². The molecule has 4 nitrogen and oxygen atoms in total. The first kappa shape index (κ1) is 14.4. The van der Waals surface area contributed by atoms with E-state index in [1.807, 2.05) is 0 Å². The van der Waals surface area contributed by atoms with Gasteiger partial charge < -0.3 is 10.2 Å². The van der Waals surface area contributed by atoms with Gasteiger partial charge in [0.05, 0.1) is 0 Å². The summed E-state index contributed by atoms with van der Waals surface area (Å²) >= 11 is 0. The number of hydrogen-bond donors (Lipinski definition) is 1. The highest BCUT2D eigenvalue weighted by atomic mass is 16.2. The molecule has 0 aliphatic heterocycles. The van der Waals surface area contributed by atoms with Crippen molar-refractivity contribution in [3.63, 3.8) is 0 Å². The third-order valence-electron chi connectivity index (χ3n) is 5.94. The molecule has 0 unspecified atom stereocenters. The van der Waals surface area contributed by atoms with Crippen LogP contribution in [0.3, 0.4) is 0 Å². The molecule has 0 heterocycles. The van der Waals surface area contributed by atoms with E-state index in [9.17, 15) is 9.59 Å². The van der Waals surface area contributed by atoms with Crippen LogP contribution in [0.25, 0.3) is 0 Å². The van der Waals surface area contributed by atoms with Crippen molar-refractivity contribution >= 4 is 11.8 Å². The Labute approximate surface area is 115 Å². The monoisotopic (exact) mass is 266 g/mol. The summed E-state index contributed by atoms with van der Waals surface area (Å²) in [5.41, 5.74) is 0.463. The highest BCUT2D eigenvalue weighted by Crippen LogP contribution is 2.65. The summed E-state index contributed by atoms with van der Waals surface area (Å²) < 4.78 is 0. The summed E-state index contributed by atoms with van der Waals surface area (Å²) in [4.78, 5) is 25.0. The van der Waals surface area contributed by atoms with Gasteiger partial charge in [-0.25, -0.2) is 0 Å².